The molecule has 0 bridgehead atoms. The maximum atomic E-state index is 10.4. The van der Waals surface area contributed by atoms with Gasteiger partial charge in [0, 0.05) is 5.92 Å². The van der Waals surface area contributed by atoms with Crippen molar-refractivity contribution in [3.63, 3.8) is 0 Å². The molecule has 0 saturated heterocycles. The predicted octanol–water partition coefficient (Wildman–Crippen LogP) is 1.09. The van der Waals surface area contributed by atoms with E-state index in [1.54, 1.807) is 12.1 Å². The molecule has 0 aromatic heterocycles. The average molecular weight is 269 g/mol. The molecule has 0 aliphatic heterocycles. The van der Waals surface area contributed by atoms with Gasteiger partial charge in [0.05, 0.1) is 11.4 Å². The molecule has 18 heavy (non-hydrogen) atoms. The molecule has 1 aliphatic carbocycles. The van der Waals surface area contributed by atoms with Gasteiger partial charge in [0.15, 0.2) is 0 Å². The van der Waals surface area contributed by atoms with E-state index in [2.05, 4.69) is 17.9 Å². The van der Waals surface area contributed by atoms with Crippen LogP contribution in [0, 0.1) is 12.8 Å². The summed E-state index contributed by atoms with van der Waals surface area (Å²) in [6.45, 7) is 2.92. The summed E-state index contributed by atoms with van der Waals surface area (Å²) < 4.78 is 31.2. The minimum absolute atomic E-state index is 0.178. The Kier molecular flexibility index (Phi) is 5.53. The first kappa shape index (κ1) is 14.9. The van der Waals surface area contributed by atoms with Crippen LogP contribution in [0.3, 0.4) is 0 Å². The first-order valence-electron chi connectivity index (χ1n) is 5.90. The second kappa shape index (κ2) is 6.68. The van der Waals surface area contributed by atoms with Crippen molar-refractivity contribution < 1.29 is 18.7 Å². The van der Waals surface area contributed by atoms with Crippen LogP contribution in [0.2, 0.25) is 0 Å². The smallest absolute Gasteiger partial charge is 0.124 e. The fourth-order valence-corrected chi connectivity index (χ4v) is 2.08. The van der Waals surface area contributed by atoms with Gasteiger partial charge in [0.2, 0.25) is 0 Å². The molecule has 0 spiro atoms. The Morgan fingerprint density at radius 1 is 1.22 bits per heavy atom. The molecular weight excluding hydrogens is 250 g/mol. The molecule has 4 nitrogen and oxygen atoms in total. The highest BCUT2D eigenvalue weighted by Crippen LogP contribution is 2.14. The maximum Gasteiger partial charge on any atom is 0.124 e. The molecule has 0 atom stereocenters. The Labute approximate surface area is 108 Å². The van der Waals surface area contributed by atoms with Gasteiger partial charge in [-0.3, -0.25) is 0 Å². The summed E-state index contributed by atoms with van der Waals surface area (Å²) in [5.74, 6) is 0.875. The molecule has 0 heterocycles. The van der Waals surface area contributed by atoms with Crippen LogP contribution in [0.1, 0.15) is 18.4 Å². The first-order valence-corrected chi connectivity index (χ1v) is 7.31. The summed E-state index contributed by atoms with van der Waals surface area (Å²) in [5, 5.41) is 0. The molecule has 2 rings (SSSR count). The van der Waals surface area contributed by atoms with Crippen LogP contribution in [0.15, 0.2) is 41.3 Å². The molecule has 1 aliphatic rings. The molecule has 100 valence electrons. The third-order valence-electron chi connectivity index (χ3n) is 2.82. The van der Waals surface area contributed by atoms with E-state index < -0.39 is 10.1 Å². The third kappa shape index (κ3) is 5.00. The number of allylic oxidation sites excluding steroid dienone is 2. The maximum absolute atomic E-state index is 10.4. The molecule has 3 N–H and O–H groups in total. The van der Waals surface area contributed by atoms with Crippen LogP contribution in [-0.2, 0) is 10.1 Å². The Morgan fingerprint density at radius 2 is 1.72 bits per heavy atom. The Balaban J connectivity index is 0.000000199. The third-order valence-corrected chi connectivity index (χ3v) is 3.67. The molecule has 1 aromatic rings. The van der Waals surface area contributed by atoms with Crippen molar-refractivity contribution in [2.24, 2.45) is 5.92 Å². The molecule has 5 heteroatoms. The lowest BCUT2D eigenvalue weighted by Gasteiger charge is -2.05. The van der Waals surface area contributed by atoms with Gasteiger partial charge < -0.3 is 10.3 Å². The van der Waals surface area contributed by atoms with Crippen LogP contribution in [-0.4, -0.2) is 19.5 Å². The Morgan fingerprint density at radius 3 is 2.06 bits per heavy atom. The molecule has 0 radical (unpaired) electrons. The standard InChI is InChI=1S/C7H8O3S.C6H11N/c1-6-2-4-7(5-3-6)11(8,9)10;7-5-6-3-1-2-4-6/h2-5H,1H3,(H,8,9,10);1-2,6H,3-5,7H2. The van der Waals surface area contributed by atoms with Gasteiger partial charge in [0.25, 0.3) is 0 Å². The zero-order chi connectivity index (χ0) is 13.6. The number of quaternary nitrogens is 1. The van der Waals surface area contributed by atoms with Crippen LogP contribution in [0.5, 0.6) is 0 Å². The van der Waals surface area contributed by atoms with Crippen molar-refractivity contribution in [3.05, 3.63) is 42.0 Å². The van der Waals surface area contributed by atoms with Crippen LogP contribution >= 0.6 is 0 Å². The predicted molar refractivity (Wildman–Crippen MR) is 68.8 cm³/mol. The quantitative estimate of drug-likeness (QED) is 0.644. The van der Waals surface area contributed by atoms with Gasteiger partial charge in [-0.25, -0.2) is 8.42 Å². The molecular formula is C13H19NO3S. The zero-order valence-corrected chi connectivity index (χ0v) is 11.3. The lowest BCUT2D eigenvalue weighted by molar-refractivity contribution is -0.378. The summed E-state index contributed by atoms with van der Waals surface area (Å²) >= 11 is 0. The summed E-state index contributed by atoms with van der Waals surface area (Å²) in [5.41, 5.74) is 4.76. The van der Waals surface area contributed by atoms with Crippen molar-refractivity contribution in [3.8, 4) is 0 Å². The summed E-state index contributed by atoms with van der Waals surface area (Å²) in [4.78, 5) is -0.178. The molecule has 0 saturated carbocycles. The van der Waals surface area contributed by atoms with Gasteiger partial charge in [0.1, 0.15) is 10.1 Å². The van der Waals surface area contributed by atoms with E-state index >= 15 is 0 Å². The Bertz CT molecular complexity index is 483. The van der Waals surface area contributed by atoms with Crippen molar-refractivity contribution in [1.29, 1.82) is 0 Å². The van der Waals surface area contributed by atoms with Gasteiger partial charge in [-0.15, -0.1) is 0 Å². The van der Waals surface area contributed by atoms with Crippen molar-refractivity contribution in [2.75, 3.05) is 6.54 Å². The van der Waals surface area contributed by atoms with Gasteiger partial charge in [-0.1, -0.05) is 29.8 Å². The second-order valence-corrected chi connectivity index (χ2v) is 5.74. The van der Waals surface area contributed by atoms with Gasteiger partial charge in [-0.2, -0.15) is 0 Å². The number of benzene rings is 1. The van der Waals surface area contributed by atoms with E-state index in [9.17, 15) is 13.0 Å². The van der Waals surface area contributed by atoms with E-state index in [-0.39, 0.29) is 4.90 Å². The first-order chi connectivity index (χ1) is 8.43. The zero-order valence-electron chi connectivity index (χ0n) is 10.5. The van der Waals surface area contributed by atoms with E-state index in [4.69, 9.17) is 0 Å². The highest BCUT2D eigenvalue weighted by molar-refractivity contribution is 7.85. The summed E-state index contributed by atoms with van der Waals surface area (Å²) in [6, 6.07) is 5.78. The SMILES string of the molecule is Cc1ccc(S(=O)(=O)[O-])cc1.[NH3+]CC1CC=CC1. The van der Waals surface area contributed by atoms with Crippen LogP contribution < -0.4 is 5.73 Å². The molecule has 0 unspecified atom stereocenters. The van der Waals surface area contributed by atoms with Gasteiger partial charge >= 0.3 is 0 Å². The normalized spacial score (nSPS) is 15.3. The lowest BCUT2D eigenvalue weighted by atomic mass is 10.1. The van der Waals surface area contributed by atoms with Crippen LogP contribution in [0.4, 0.5) is 0 Å². The summed E-state index contributed by atoms with van der Waals surface area (Å²) in [7, 11) is -4.27. The monoisotopic (exact) mass is 269 g/mol. The second-order valence-electron chi connectivity index (χ2n) is 4.36. The van der Waals surface area contributed by atoms with Gasteiger partial charge in [-0.05, 0) is 31.9 Å². The van der Waals surface area contributed by atoms with E-state index in [0.717, 1.165) is 18.0 Å². The van der Waals surface area contributed by atoms with Crippen molar-refractivity contribution in [2.45, 2.75) is 24.7 Å². The van der Waals surface area contributed by atoms with Crippen molar-refractivity contribution >= 4 is 10.1 Å². The number of hydrogen-bond acceptors (Lipinski definition) is 3. The van der Waals surface area contributed by atoms with Crippen LogP contribution in [0.25, 0.3) is 0 Å². The fourth-order valence-electron chi connectivity index (χ4n) is 1.61. The van der Waals surface area contributed by atoms with E-state index in [1.165, 1.54) is 25.0 Å². The lowest BCUT2D eigenvalue weighted by Crippen LogP contribution is -2.53. The van der Waals surface area contributed by atoms with E-state index in [0.29, 0.717) is 0 Å². The minimum atomic E-state index is -4.27. The number of aryl methyl sites for hydroxylation is 1. The number of rotatable bonds is 2. The molecule has 0 amide bonds. The largest absolute Gasteiger partial charge is 0.744 e. The summed E-state index contributed by atoms with van der Waals surface area (Å²) in [6.07, 6.45) is 7.03. The molecule has 0 fully saturated rings. The Hall–Kier alpha value is -1.17. The fraction of sp³-hybridized carbons (Fsp3) is 0.385. The molecule has 1 aromatic carbocycles. The average Bonchev–Trinajstić information content (AvgIpc) is 2.82. The van der Waals surface area contributed by atoms with E-state index in [1.807, 2.05) is 6.92 Å². The highest BCUT2D eigenvalue weighted by Gasteiger charge is 2.07. The minimum Gasteiger partial charge on any atom is -0.744 e. The topological polar surface area (TPSA) is 84.8 Å². The van der Waals surface area contributed by atoms with Crippen molar-refractivity contribution in [1.82, 2.24) is 0 Å². The highest BCUT2D eigenvalue weighted by atomic mass is 32.2. The number of hydrogen-bond donors (Lipinski definition) is 1.